The molecule has 0 fully saturated rings. The number of halogens is 1. The molecule has 0 bridgehead atoms. The number of amides is 1. The summed E-state index contributed by atoms with van der Waals surface area (Å²) in [7, 11) is 1.59. The minimum atomic E-state index is -0.167. The van der Waals surface area contributed by atoms with Crippen LogP contribution in [0.25, 0.3) is 20.8 Å². The number of rotatable bonds is 4. The number of anilines is 1. The van der Waals surface area contributed by atoms with Gasteiger partial charge in [-0.05, 0) is 65.1 Å². The number of ether oxygens (including phenoxy) is 1. The lowest BCUT2D eigenvalue weighted by Crippen LogP contribution is -2.14. The van der Waals surface area contributed by atoms with E-state index in [-0.39, 0.29) is 5.91 Å². The summed E-state index contributed by atoms with van der Waals surface area (Å²) in [4.78, 5) is 17.4. The van der Waals surface area contributed by atoms with Gasteiger partial charge in [0.05, 0.1) is 28.6 Å². The average molecular weight is 486 g/mol. The Hall–Kier alpha value is -2.45. The lowest BCUT2D eigenvalue weighted by molar-refractivity contribution is 0.102. The monoisotopic (exact) mass is 486 g/mol. The molecule has 0 aliphatic heterocycles. The van der Waals surface area contributed by atoms with E-state index >= 15 is 0 Å². The maximum atomic E-state index is 12.7. The van der Waals surface area contributed by atoms with Gasteiger partial charge in [0, 0.05) is 9.13 Å². The Kier molecular flexibility index (Phi) is 5.09. The van der Waals surface area contributed by atoms with Gasteiger partial charge in [0.15, 0.2) is 0 Å². The van der Waals surface area contributed by atoms with Crippen molar-refractivity contribution in [2.75, 3.05) is 12.4 Å². The molecule has 1 heterocycles. The number of carbonyl (C=O) groups is 1. The van der Waals surface area contributed by atoms with Gasteiger partial charge >= 0.3 is 0 Å². The molecule has 6 heteroatoms. The third kappa shape index (κ3) is 3.68. The van der Waals surface area contributed by atoms with Crippen molar-refractivity contribution in [3.05, 3.63) is 75.9 Å². The van der Waals surface area contributed by atoms with Gasteiger partial charge in [-0.3, -0.25) is 4.79 Å². The molecule has 4 nitrogen and oxygen atoms in total. The van der Waals surface area contributed by atoms with Crippen LogP contribution in [0.4, 0.5) is 5.69 Å². The first-order valence-electron chi connectivity index (χ1n) is 8.25. The maximum absolute atomic E-state index is 12.7. The number of fused-ring (bicyclic) bond motifs is 1. The SMILES string of the molecule is COc1ccc(-c2nc3ccccc3s2)cc1NC(=O)c1ccccc1I. The van der Waals surface area contributed by atoms with Crippen LogP contribution >= 0.6 is 33.9 Å². The third-order valence-corrected chi connectivity index (χ3v) is 6.13. The molecule has 0 aliphatic rings. The Bertz CT molecular complexity index is 1110. The molecule has 134 valence electrons. The predicted octanol–water partition coefficient (Wildman–Crippen LogP) is 5.83. The van der Waals surface area contributed by atoms with E-state index in [1.54, 1.807) is 24.5 Å². The zero-order valence-corrected chi connectivity index (χ0v) is 17.4. The summed E-state index contributed by atoms with van der Waals surface area (Å²) in [6.07, 6.45) is 0. The maximum Gasteiger partial charge on any atom is 0.256 e. The van der Waals surface area contributed by atoms with E-state index in [2.05, 4.69) is 34.0 Å². The van der Waals surface area contributed by atoms with Crippen molar-refractivity contribution in [2.24, 2.45) is 0 Å². The number of hydrogen-bond acceptors (Lipinski definition) is 4. The number of hydrogen-bond donors (Lipinski definition) is 1. The van der Waals surface area contributed by atoms with Gasteiger partial charge in [-0.25, -0.2) is 4.98 Å². The Morgan fingerprint density at radius 1 is 1.07 bits per heavy atom. The summed E-state index contributed by atoms with van der Waals surface area (Å²) in [6, 6.07) is 21.2. The van der Waals surface area contributed by atoms with Crippen LogP contribution < -0.4 is 10.1 Å². The molecular weight excluding hydrogens is 471 g/mol. The molecular formula is C21H15IN2O2S. The molecule has 0 saturated heterocycles. The lowest BCUT2D eigenvalue weighted by atomic mass is 10.1. The van der Waals surface area contributed by atoms with Gasteiger partial charge in [0.2, 0.25) is 0 Å². The molecule has 0 spiro atoms. The van der Waals surface area contributed by atoms with Crippen molar-refractivity contribution in [2.45, 2.75) is 0 Å². The summed E-state index contributed by atoms with van der Waals surface area (Å²) in [5.41, 5.74) is 3.16. The highest BCUT2D eigenvalue weighted by molar-refractivity contribution is 14.1. The second-order valence-corrected chi connectivity index (χ2v) is 8.03. The molecule has 0 atom stereocenters. The fraction of sp³-hybridized carbons (Fsp3) is 0.0476. The van der Waals surface area contributed by atoms with Crippen LogP contribution in [0.15, 0.2) is 66.7 Å². The quantitative estimate of drug-likeness (QED) is 0.370. The van der Waals surface area contributed by atoms with Crippen molar-refractivity contribution in [1.82, 2.24) is 4.98 Å². The Morgan fingerprint density at radius 2 is 1.85 bits per heavy atom. The highest BCUT2D eigenvalue weighted by Gasteiger charge is 2.14. The first kappa shape index (κ1) is 17.9. The van der Waals surface area contributed by atoms with Crippen molar-refractivity contribution >= 4 is 55.7 Å². The molecule has 0 radical (unpaired) electrons. The van der Waals surface area contributed by atoms with E-state index in [4.69, 9.17) is 9.72 Å². The largest absolute Gasteiger partial charge is 0.495 e. The Balaban J connectivity index is 1.70. The van der Waals surface area contributed by atoms with Crippen molar-refractivity contribution in [3.8, 4) is 16.3 Å². The number of thiazole rings is 1. The molecule has 0 saturated carbocycles. The van der Waals surface area contributed by atoms with E-state index < -0.39 is 0 Å². The highest BCUT2D eigenvalue weighted by Crippen LogP contribution is 2.35. The van der Waals surface area contributed by atoms with E-state index in [1.807, 2.05) is 54.6 Å². The van der Waals surface area contributed by atoms with Crippen molar-refractivity contribution in [1.29, 1.82) is 0 Å². The fourth-order valence-electron chi connectivity index (χ4n) is 2.77. The topological polar surface area (TPSA) is 51.2 Å². The van der Waals surface area contributed by atoms with Gasteiger partial charge in [-0.1, -0.05) is 24.3 Å². The van der Waals surface area contributed by atoms with Crippen molar-refractivity contribution < 1.29 is 9.53 Å². The van der Waals surface area contributed by atoms with E-state index in [1.165, 1.54) is 0 Å². The van der Waals surface area contributed by atoms with Gasteiger partial charge < -0.3 is 10.1 Å². The molecule has 3 aromatic carbocycles. The molecule has 1 aromatic heterocycles. The summed E-state index contributed by atoms with van der Waals surface area (Å²) >= 11 is 3.78. The van der Waals surface area contributed by atoms with Gasteiger partial charge in [-0.2, -0.15) is 0 Å². The predicted molar refractivity (Wildman–Crippen MR) is 119 cm³/mol. The summed E-state index contributed by atoms with van der Waals surface area (Å²) in [5.74, 6) is 0.443. The molecule has 1 amide bonds. The molecule has 0 aliphatic carbocycles. The summed E-state index contributed by atoms with van der Waals surface area (Å²) < 4.78 is 7.46. The molecule has 4 aromatic rings. The lowest BCUT2D eigenvalue weighted by Gasteiger charge is -2.12. The zero-order valence-electron chi connectivity index (χ0n) is 14.4. The number of para-hydroxylation sites is 1. The fourth-order valence-corrected chi connectivity index (χ4v) is 4.36. The van der Waals surface area contributed by atoms with Gasteiger partial charge in [0.1, 0.15) is 10.8 Å². The number of nitrogens with one attached hydrogen (secondary N) is 1. The Labute approximate surface area is 174 Å². The average Bonchev–Trinajstić information content (AvgIpc) is 3.12. The Morgan fingerprint density at radius 3 is 2.63 bits per heavy atom. The highest BCUT2D eigenvalue weighted by atomic mass is 127. The standard InChI is InChI=1S/C21H15IN2O2S/c1-26-18-11-10-13(21-24-16-8-4-5-9-19(16)27-21)12-17(18)23-20(25)14-6-2-3-7-15(14)22/h2-12H,1H3,(H,23,25). The summed E-state index contributed by atoms with van der Waals surface area (Å²) in [5, 5.41) is 3.88. The second kappa shape index (κ2) is 7.66. The number of benzene rings is 3. The first-order valence-corrected chi connectivity index (χ1v) is 10.1. The molecule has 27 heavy (non-hydrogen) atoms. The second-order valence-electron chi connectivity index (χ2n) is 5.84. The normalized spacial score (nSPS) is 10.7. The third-order valence-electron chi connectivity index (χ3n) is 4.11. The minimum absolute atomic E-state index is 0.167. The number of nitrogens with zero attached hydrogens (tertiary/aromatic N) is 1. The van der Waals surface area contributed by atoms with Crippen LogP contribution in [-0.4, -0.2) is 18.0 Å². The molecule has 1 N–H and O–H groups in total. The van der Waals surface area contributed by atoms with E-state index in [0.29, 0.717) is 17.0 Å². The van der Waals surface area contributed by atoms with E-state index in [9.17, 15) is 4.79 Å². The minimum Gasteiger partial charge on any atom is -0.495 e. The number of methoxy groups -OCH3 is 1. The summed E-state index contributed by atoms with van der Waals surface area (Å²) in [6.45, 7) is 0. The van der Waals surface area contributed by atoms with Crippen LogP contribution in [0.5, 0.6) is 5.75 Å². The van der Waals surface area contributed by atoms with Gasteiger partial charge in [0.25, 0.3) is 5.91 Å². The molecule has 4 rings (SSSR count). The van der Waals surface area contributed by atoms with Crippen LogP contribution in [0.1, 0.15) is 10.4 Å². The number of carbonyl (C=O) groups excluding carboxylic acids is 1. The van der Waals surface area contributed by atoms with Crippen LogP contribution in [0, 0.1) is 3.57 Å². The van der Waals surface area contributed by atoms with Crippen LogP contribution in [-0.2, 0) is 0 Å². The van der Waals surface area contributed by atoms with Gasteiger partial charge in [-0.15, -0.1) is 11.3 Å². The van der Waals surface area contributed by atoms with E-state index in [0.717, 1.165) is 24.4 Å². The smallest absolute Gasteiger partial charge is 0.256 e. The first-order chi connectivity index (χ1) is 13.2. The van der Waals surface area contributed by atoms with Crippen LogP contribution in [0.2, 0.25) is 0 Å². The van der Waals surface area contributed by atoms with Crippen LogP contribution in [0.3, 0.4) is 0 Å². The number of aromatic nitrogens is 1. The zero-order chi connectivity index (χ0) is 18.8. The van der Waals surface area contributed by atoms with Crippen molar-refractivity contribution in [3.63, 3.8) is 0 Å². The molecule has 0 unspecified atom stereocenters.